The molecular weight excluding hydrogens is 132 g/mol. The Bertz CT molecular complexity index is 170. The molecule has 0 atom stereocenters. The molecule has 0 rings (SSSR count). The van der Waals surface area contributed by atoms with E-state index in [1.54, 1.807) is 0 Å². The van der Waals surface area contributed by atoms with Crippen molar-refractivity contribution < 1.29 is 0 Å². The molecule has 0 amide bonds. The van der Waals surface area contributed by atoms with E-state index in [1.165, 1.54) is 11.1 Å². The fraction of sp³-hybridized carbons (Fsp3) is 0.455. The molecule has 0 heteroatoms. The summed E-state index contributed by atoms with van der Waals surface area (Å²) in [6, 6.07) is 0. The zero-order chi connectivity index (χ0) is 8.85. The maximum absolute atomic E-state index is 3.78. The average Bonchev–Trinajstić information content (AvgIpc) is 1.98. The Hall–Kier alpha value is -0.780. The Labute approximate surface area is 70.3 Å². The van der Waals surface area contributed by atoms with Gasteiger partial charge in [0, 0.05) is 0 Å². The van der Waals surface area contributed by atoms with Gasteiger partial charge >= 0.3 is 0 Å². The molecule has 0 aliphatic rings. The summed E-state index contributed by atoms with van der Waals surface area (Å²) in [6.07, 6.45) is 4.91. The van der Waals surface area contributed by atoms with Gasteiger partial charge in [-0.2, -0.15) is 0 Å². The fourth-order valence-corrected chi connectivity index (χ4v) is 0.976. The first-order chi connectivity index (χ1) is 5.11. The smallest absolute Gasteiger partial charge is 0.0253 e. The summed E-state index contributed by atoms with van der Waals surface area (Å²) in [4.78, 5) is 0. The van der Waals surface area contributed by atoms with Gasteiger partial charge in [-0.1, -0.05) is 39.2 Å². The van der Waals surface area contributed by atoms with Gasteiger partial charge in [0.2, 0.25) is 0 Å². The van der Waals surface area contributed by atoms with Crippen LogP contribution in [0.1, 0.15) is 27.2 Å². The molecule has 0 radical (unpaired) electrons. The molecule has 0 heterocycles. The molecule has 0 fully saturated rings. The lowest BCUT2D eigenvalue weighted by Crippen LogP contribution is -1.91. The van der Waals surface area contributed by atoms with E-state index in [0.29, 0.717) is 5.92 Å². The van der Waals surface area contributed by atoms with Crippen LogP contribution >= 0.6 is 0 Å². The number of hydrogen-bond donors (Lipinski definition) is 0. The molecule has 0 spiro atoms. The van der Waals surface area contributed by atoms with E-state index in [0.717, 1.165) is 6.42 Å². The maximum atomic E-state index is 3.78. The molecule has 0 bridgehead atoms. The predicted molar refractivity (Wildman–Crippen MR) is 52.5 cm³/mol. The van der Waals surface area contributed by atoms with Crippen molar-refractivity contribution in [2.75, 3.05) is 0 Å². The van der Waals surface area contributed by atoms with Gasteiger partial charge in [0.25, 0.3) is 0 Å². The lowest BCUT2D eigenvalue weighted by Gasteiger charge is -2.07. The lowest BCUT2D eigenvalue weighted by molar-refractivity contribution is 0.648. The molecule has 11 heavy (non-hydrogen) atoms. The molecule has 0 aromatic heterocycles. The van der Waals surface area contributed by atoms with E-state index in [-0.39, 0.29) is 0 Å². The summed E-state index contributed by atoms with van der Waals surface area (Å²) in [5.74, 6) is 0.692. The minimum atomic E-state index is 0.692. The van der Waals surface area contributed by atoms with Gasteiger partial charge in [-0.3, -0.25) is 0 Å². The molecule has 0 N–H and O–H groups in total. The highest BCUT2D eigenvalue weighted by atomic mass is 14.0. The average molecular weight is 150 g/mol. The summed E-state index contributed by atoms with van der Waals surface area (Å²) in [7, 11) is 0. The molecule has 0 unspecified atom stereocenters. The van der Waals surface area contributed by atoms with Crippen LogP contribution in [0.5, 0.6) is 0 Å². The van der Waals surface area contributed by atoms with E-state index in [1.807, 2.05) is 12.2 Å². The van der Waals surface area contributed by atoms with Crippen LogP contribution in [-0.4, -0.2) is 0 Å². The van der Waals surface area contributed by atoms with Crippen molar-refractivity contribution in [3.63, 3.8) is 0 Å². The van der Waals surface area contributed by atoms with E-state index in [9.17, 15) is 0 Å². The van der Waals surface area contributed by atoms with Crippen LogP contribution in [0.3, 0.4) is 0 Å². The standard InChI is InChI=1S/C11H18/c1-6-10(5)11(7-2)8-9(3)4/h6-7,9H,1-2,8H2,3-5H3/b11-10+. The van der Waals surface area contributed by atoms with Crippen molar-refractivity contribution in [3.05, 3.63) is 36.5 Å². The largest absolute Gasteiger partial charge is 0.0988 e. The molecule has 0 nitrogen and oxygen atoms in total. The van der Waals surface area contributed by atoms with Crippen molar-refractivity contribution in [2.24, 2.45) is 5.92 Å². The highest BCUT2D eigenvalue weighted by molar-refractivity contribution is 5.29. The second-order valence-corrected chi connectivity index (χ2v) is 3.21. The van der Waals surface area contributed by atoms with Gasteiger partial charge in [-0.15, -0.1) is 0 Å². The van der Waals surface area contributed by atoms with Gasteiger partial charge < -0.3 is 0 Å². The minimum absolute atomic E-state index is 0.692. The van der Waals surface area contributed by atoms with Crippen LogP contribution in [0, 0.1) is 5.92 Å². The first kappa shape index (κ1) is 10.2. The van der Waals surface area contributed by atoms with Crippen molar-refractivity contribution >= 4 is 0 Å². The third-order valence-corrected chi connectivity index (χ3v) is 1.69. The molecule has 62 valence electrons. The van der Waals surface area contributed by atoms with Crippen LogP contribution in [0.15, 0.2) is 36.5 Å². The Kier molecular flexibility index (Phi) is 4.60. The normalized spacial score (nSPS) is 12.7. The highest BCUT2D eigenvalue weighted by Crippen LogP contribution is 2.16. The van der Waals surface area contributed by atoms with Crippen LogP contribution in [0.4, 0.5) is 0 Å². The van der Waals surface area contributed by atoms with Gasteiger partial charge in [-0.25, -0.2) is 0 Å². The van der Waals surface area contributed by atoms with Crippen LogP contribution in [0.25, 0.3) is 0 Å². The van der Waals surface area contributed by atoms with Crippen molar-refractivity contribution in [1.29, 1.82) is 0 Å². The molecule has 0 saturated carbocycles. The topological polar surface area (TPSA) is 0 Å². The third kappa shape index (κ3) is 3.82. The van der Waals surface area contributed by atoms with Gasteiger partial charge in [0.1, 0.15) is 0 Å². The number of hydrogen-bond acceptors (Lipinski definition) is 0. The van der Waals surface area contributed by atoms with Gasteiger partial charge in [0.15, 0.2) is 0 Å². The van der Waals surface area contributed by atoms with Crippen molar-refractivity contribution in [2.45, 2.75) is 27.2 Å². The van der Waals surface area contributed by atoms with Gasteiger partial charge in [0.05, 0.1) is 0 Å². The Balaban J connectivity index is 4.38. The van der Waals surface area contributed by atoms with E-state index in [2.05, 4.69) is 33.9 Å². The van der Waals surface area contributed by atoms with Gasteiger partial charge in [-0.05, 0) is 30.4 Å². The maximum Gasteiger partial charge on any atom is -0.0253 e. The summed E-state index contributed by atoms with van der Waals surface area (Å²) in [5, 5.41) is 0. The Morgan fingerprint density at radius 1 is 1.27 bits per heavy atom. The zero-order valence-electron chi connectivity index (χ0n) is 7.85. The molecule has 0 aliphatic carbocycles. The highest BCUT2D eigenvalue weighted by Gasteiger charge is 1.98. The first-order valence-electron chi connectivity index (χ1n) is 4.06. The predicted octanol–water partition coefficient (Wildman–Crippen LogP) is 3.72. The second kappa shape index (κ2) is 4.95. The van der Waals surface area contributed by atoms with Crippen molar-refractivity contribution in [3.8, 4) is 0 Å². The summed E-state index contributed by atoms with van der Waals surface area (Å²) < 4.78 is 0. The Morgan fingerprint density at radius 3 is 2.09 bits per heavy atom. The van der Waals surface area contributed by atoms with E-state index in [4.69, 9.17) is 0 Å². The van der Waals surface area contributed by atoms with Crippen LogP contribution < -0.4 is 0 Å². The summed E-state index contributed by atoms with van der Waals surface area (Å²) in [6.45, 7) is 14.0. The van der Waals surface area contributed by atoms with E-state index >= 15 is 0 Å². The second-order valence-electron chi connectivity index (χ2n) is 3.21. The summed E-state index contributed by atoms with van der Waals surface area (Å²) in [5.41, 5.74) is 2.56. The van der Waals surface area contributed by atoms with Crippen LogP contribution in [-0.2, 0) is 0 Å². The van der Waals surface area contributed by atoms with Crippen LogP contribution in [0.2, 0.25) is 0 Å². The minimum Gasteiger partial charge on any atom is -0.0988 e. The lowest BCUT2D eigenvalue weighted by atomic mass is 9.99. The fourth-order valence-electron chi connectivity index (χ4n) is 0.976. The summed E-state index contributed by atoms with van der Waals surface area (Å²) >= 11 is 0. The molecule has 0 aliphatic heterocycles. The first-order valence-corrected chi connectivity index (χ1v) is 4.06. The molecule has 0 saturated heterocycles. The molecular formula is C11H18. The third-order valence-electron chi connectivity index (χ3n) is 1.69. The number of rotatable bonds is 4. The number of allylic oxidation sites excluding steroid dienone is 4. The SMILES string of the molecule is C=C/C(C)=C(\C=C)CC(C)C. The van der Waals surface area contributed by atoms with Crippen molar-refractivity contribution in [1.82, 2.24) is 0 Å². The Morgan fingerprint density at radius 2 is 1.82 bits per heavy atom. The quantitative estimate of drug-likeness (QED) is 0.536. The monoisotopic (exact) mass is 150 g/mol. The zero-order valence-corrected chi connectivity index (χ0v) is 7.85. The molecule has 0 aromatic carbocycles. The van der Waals surface area contributed by atoms with E-state index < -0.39 is 0 Å². The molecule has 0 aromatic rings.